The van der Waals surface area contributed by atoms with Crippen LogP contribution in [-0.2, 0) is 0 Å². The number of thioether (sulfide) groups is 1. The van der Waals surface area contributed by atoms with Gasteiger partial charge in [0.25, 0.3) is 5.69 Å². The van der Waals surface area contributed by atoms with Crippen molar-refractivity contribution in [2.45, 2.75) is 6.92 Å². The molecule has 0 saturated heterocycles. The van der Waals surface area contributed by atoms with Crippen LogP contribution >= 0.6 is 11.8 Å². The fraction of sp³-hybridized carbons (Fsp3) is 0.167. The molecule has 9 nitrogen and oxygen atoms in total. The second-order valence-electron chi connectivity index (χ2n) is 5.27. The number of hydrogen-bond donors (Lipinski definition) is 1. The highest BCUT2D eigenvalue weighted by Crippen LogP contribution is 2.29. The highest BCUT2D eigenvalue weighted by Gasteiger charge is 2.12. The lowest BCUT2D eigenvalue weighted by Crippen LogP contribution is -2.12. The summed E-state index contributed by atoms with van der Waals surface area (Å²) in [5.74, 6) is 0.767. The molecule has 2 aromatic carbocycles. The Labute approximate surface area is 165 Å². The van der Waals surface area contributed by atoms with Crippen molar-refractivity contribution in [1.82, 2.24) is 5.32 Å². The van der Waals surface area contributed by atoms with Crippen LogP contribution in [0, 0.1) is 21.6 Å². The molecule has 0 radical (unpaired) electrons. The zero-order chi connectivity index (χ0) is 20.5. The Hall–Kier alpha value is -3.58. The van der Waals surface area contributed by atoms with E-state index in [2.05, 4.69) is 15.5 Å². The standard InChI is InChI=1S/C18H17N5O4S/c1-12(16-6-4-5-7-17(16)26-2)22-27-15-9-13(8-14(10-15)23(24)25)21-18(28-3)20-11-19/h4-10H,1-3H3,(H,20,21). The highest BCUT2D eigenvalue weighted by atomic mass is 32.2. The van der Waals surface area contributed by atoms with Crippen molar-refractivity contribution in [1.29, 1.82) is 5.26 Å². The lowest BCUT2D eigenvalue weighted by atomic mass is 10.1. The van der Waals surface area contributed by atoms with E-state index in [1.807, 2.05) is 18.2 Å². The number of nitrogens with zero attached hydrogens (tertiary/aromatic N) is 4. The van der Waals surface area contributed by atoms with Crippen LogP contribution in [0.5, 0.6) is 11.5 Å². The molecule has 0 heterocycles. The SMILES string of the molecule is COc1ccccc1C(C)=NOc1cc(N=C(NC#N)SC)cc([N+](=O)[O-])c1. The third kappa shape index (κ3) is 5.46. The Kier molecular flexibility index (Phi) is 7.36. The van der Waals surface area contributed by atoms with Crippen molar-refractivity contribution >= 4 is 34.0 Å². The number of rotatable bonds is 6. The summed E-state index contributed by atoms with van der Waals surface area (Å²) < 4.78 is 5.29. The molecular weight excluding hydrogens is 382 g/mol. The molecule has 0 spiro atoms. The first-order chi connectivity index (χ1) is 13.5. The summed E-state index contributed by atoms with van der Waals surface area (Å²) in [5, 5.41) is 26.7. The number of nitriles is 1. The van der Waals surface area contributed by atoms with Gasteiger partial charge >= 0.3 is 0 Å². The van der Waals surface area contributed by atoms with Gasteiger partial charge in [0.1, 0.15) is 5.75 Å². The molecule has 0 aliphatic carbocycles. The summed E-state index contributed by atoms with van der Waals surface area (Å²) in [7, 11) is 1.55. The first kappa shape index (κ1) is 20.7. The number of hydrogen-bond acceptors (Lipinski definition) is 8. The monoisotopic (exact) mass is 399 g/mol. The Morgan fingerprint density at radius 3 is 2.71 bits per heavy atom. The van der Waals surface area contributed by atoms with Gasteiger partial charge in [0.15, 0.2) is 17.1 Å². The number of nitro groups is 1. The molecular formula is C18H17N5O4S. The minimum atomic E-state index is -0.556. The van der Waals surface area contributed by atoms with Gasteiger partial charge < -0.3 is 9.57 Å². The molecule has 2 rings (SSSR count). The molecule has 0 fully saturated rings. The molecule has 0 saturated carbocycles. The molecule has 10 heteroatoms. The van der Waals surface area contributed by atoms with E-state index >= 15 is 0 Å². The number of aliphatic imine (C=N–C) groups is 1. The van der Waals surface area contributed by atoms with Crippen molar-refractivity contribution in [3.8, 4) is 17.7 Å². The van der Waals surface area contributed by atoms with E-state index in [4.69, 9.17) is 14.8 Å². The Morgan fingerprint density at radius 1 is 1.32 bits per heavy atom. The normalized spacial score (nSPS) is 11.5. The van der Waals surface area contributed by atoms with E-state index in [9.17, 15) is 10.1 Å². The van der Waals surface area contributed by atoms with E-state index < -0.39 is 4.92 Å². The molecule has 0 aromatic heterocycles. The first-order valence-corrected chi connectivity index (χ1v) is 9.13. The molecule has 28 heavy (non-hydrogen) atoms. The summed E-state index contributed by atoms with van der Waals surface area (Å²) in [6.07, 6.45) is 3.48. The van der Waals surface area contributed by atoms with Gasteiger partial charge in [-0.05, 0) is 25.3 Å². The number of oxime groups is 1. The minimum Gasteiger partial charge on any atom is -0.496 e. The number of ether oxygens (including phenoxy) is 1. The lowest BCUT2D eigenvalue weighted by Gasteiger charge is -2.08. The molecule has 0 aliphatic rings. The molecule has 1 N–H and O–H groups in total. The maximum atomic E-state index is 11.2. The zero-order valence-electron chi connectivity index (χ0n) is 15.4. The topological polar surface area (TPSA) is 122 Å². The maximum Gasteiger partial charge on any atom is 0.275 e. The molecule has 0 unspecified atom stereocenters. The van der Waals surface area contributed by atoms with E-state index in [0.717, 1.165) is 5.56 Å². The summed E-state index contributed by atoms with van der Waals surface area (Å²) in [4.78, 5) is 20.2. The van der Waals surface area contributed by atoms with Gasteiger partial charge in [0, 0.05) is 17.7 Å². The molecule has 0 atom stereocenters. The fourth-order valence-corrected chi connectivity index (χ4v) is 2.54. The fourth-order valence-electron chi connectivity index (χ4n) is 2.19. The van der Waals surface area contributed by atoms with Gasteiger partial charge in [-0.15, -0.1) is 0 Å². The Morgan fingerprint density at radius 2 is 2.07 bits per heavy atom. The van der Waals surface area contributed by atoms with Crippen LogP contribution in [-0.4, -0.2) is 29.2 Å². The summed E-state index contributed by atoms with van der Waals surface area (Å²) in [5.41, 5.74) is 1.31. The Bertz CT molecular complexity index is 969. The molecule has 144 valence electrons. The van der Waals surface area contributed by atoms with Crippen LogP contribution in [0.3, 0.4) is 0 Å². The van der Waals surface area contributed by atoms with Crippen molar-refractivity contribution in [3.05, 3.63) is 58.1 Å². The minimum absolute atomic E-state index is 0.139. The third-order valence-corrected chi connectivity index (χ3v) is 4.04. The van der Waals surface area contributed by atoms with Crippen molar-refractivity contribution < 1.29 is 14.5 Å². The summed E-state index contributed by atoms with van der Waals surface area (Å²) in [6, 6.07) is 11.3. The van der Waals surface area contributed by atoms with Crippen LogP contribution < -0.4 is 14.9 Å². The van der Waals surface area contributed by atoms with Crippen LogP contribution in [0.4, 0.5) is 11.4 Å². The number of methoxy groups -OCH3 is 1. The van der Waals surface area contributed by atoms with Gasteiger partial charge in [0.05, 0.1) is 29.5 Å². The smallest absolute Gasteiger partial charge is 0.275 e. The highest BCUT2D eigenvalue weighted by molar-refractivity contribution is 8.13. The molecule has 2 aromatic rings. The van der Waals surface area contributed by atoms with E-state index in [1.54, 1.807) is 32.5 Å². The molecule has 0 aliphatic heterocycles. The summed E-state index contributed by atoms with van der Waals surface area (Å²) in [6.45, 7) is 1.73. The third-order valence-electron chi connectivity index (χ3n) is 3.46. The van der Waals surface area contributed by atoms with Crippen molar-refractivity contribution in [3.63, 3.8) is 0 Å². The summed E-state index contributed by atoms with van der Waals surface area (Å²) >= 11 is 1.19. The van der Waals surface area contributed by atoms with Crippen LogP contribution in [0.2, 0.25) is 0 Å². The number of nitrogens with one attached hydrogen (secondary N) is 1. The van der Waals surface area contributed by atoms with Crippen molar-refractivity contribution in [2.24, 2.45) is 10.1 Å². The largest absolute Gasteiger partial charge is 0.496 e. The van der Waals surface area contributed by atoms with Crippen LogP contribution in [0.1, 0.15) is 12.5 Å². The predicted octanol–water partition coefficient (Wildman–Crippen LogP) is 3.83. The van der Waals surface area contributed by atoms with Crippen molar-refractivity contribution in [2.75, 3.05) is 13.4 Å². The predicted molar refractivity (Wildman–Crippen MR) is 108 cm³/mol. The van der Waals surface area contributed by atoms with Gasteiger partial charge in [-0.3, -0.25) is 15.4 Å². The Balaban J connectivity index is 2.37. The van der Waals surface area contributed by atoms with Gasteiger partial charge in [-0.25, -0.2) is 4.99 Å². The number of nitro benzene ring substituents is 1. The first-order valence-electron chi connectivity index (χ1n) is 7.90. The average Bonchev–Trinajstić information content (AvgIpc) is 2.71. The second kappa shape index (κ2) is 9.94. The maximum absolute atomic E-state index is 11.2. The number of amidine groups is 1. The van der Waals surface area contributed by atoms with Gasteiger partial charge in [-0.1, -0.05) is 29.1 Å². The quantitative estimate of drug-likeness (QED) is 0.196. The van der Waals surface area contributed by atoms with E-state index in [-0.39, 0.29) is 17.1 Å². The van der Waals surface area contributed by atoms with Crippen LogP contribution in [0.15, 0.2) is 52.6 Å². The number of non-ortho nitro benzene ring substituents is 1. The second-order valence-corrected chi connectivity index (χ2v) is 6.06. The van der Waals surface area contributed by atoms with Gasteiger partial charge in [0.2, 0.25) is 0 Å². The average molecular weight is 399 g/mol. The van der Waals surface area contributed by atoms with Gasteiger partial charge in [-0.2, -0.15) is 5.26 Å². The number of para-hydroxylation sites is 1. The lowest BCUT2D eigenvalue weighted by molar-refractivity contribution is -0.384. The zero-order valence-corrected chi connectivity index (χ0v) is 16.2. The van der Waals surface area contributed by atoms with Crippen LogP contribution in [0.25, 0.3) is 0 Å². The molecule has 0 amide bonds. The number of benzene rings is 2. The van der Waals surface area contributed by atoms with E-state index in [1.165, 1.54) is 30.0 Å². The molecule has 0 bridgehead atoms. The van der Waals surface area contributed by atoms with E-state index in [0.29, 0.717) is 16.6 Å².